The zero-order chi connectivity index (χ0) is 41.3. The summed E-state index contributed by atoms with van der Waals surface area (Å²) in [5.41, 5.74) is 0.601. The lowest BCUT2D eigenvalue weighted by Crippen LogP contribution is -2.63. The Labute approximate surface area is 338 Å². The highest BCUT2D eigenvalue weighted by Crippen LogP contribution is 2.44. The van der Waals surface area contributed by atoms with Gasteiger partial charge in [-0.3, -0.25) is 24.0 Å². The quantitative estimate of drug-likeness (QED) is 0.169. The van der Waals surface area contributed by atoms with Crippen molar-refractivity contribution in [3.8, 4) is 0 Å². The molecule has 0 bridgehead atoms. The first-order chi connectivity index (χ1) is 27.9. The summed E-state index contributed by atoms with van der Waals surface area (Å²) < 4.78 is 60.5. The molecule has 2 aromatic carbocycles. The summed E-state index contributed by atoms with van der Waals surface area (Å²) in [5.74, 6) is -3.44. The van der Waals surface area contributed by atoms with Gasteiger partial charge in [0.2, 0.25) is 0 Å². The minimum Gasteiger partial charge on any atom is -0.463 e. The Balaban J connectivity index is 1.24. The molecular weight excluding hydrogens is 783 g/mol. The number of esters is 5. The molecule has 19 heteroatoms. The predicted molar refractivity (Wildman–Crippen MR) is 197 cm³/mol. The van der Waals surface area contributed by atoms with Crippen molar-refractivity contribution in [2.24, 2.45) is 0 Å². The number of nitrogens with zero attached hydrogens (tertiary/aromatic N) is 3. The van der Waals surface area contributed by atoms with Crippen LogP contribution in [0.1, 0.15) is 58.2 Å². The minimum absolute atomic E-state index is 0.0902. The molecule has 58 heavy (non-hydrogen) atoms. The van der Waals surface area contributed by atoms with Crippen LogP contribution in [-0.2, 0) is 77.8 Å². The molecule has 6 rings (SSSR count). The summed E-state index contributed by atoms with van der Waals surface area (Å²) in [6.45, 7) is 5.61. The van der Waals surface area contributed by atoms with Crippen LogP contribution >= 0.6 is 11.8 Å². The maximum atomic E-state index is 12.7. The highest BCUT2D eigenvalue weighted by molar-refractivity contribution is 7.99. The summed E-state index contributed by atoms with van der Waals surface area (Å²) in [7, 11) is 0. The van der Waals surface area contributed by atoms with E-state index in [1.165, 1.54) is 25.6 Å². The second kappa shape index (κ2) is 19.7. The van der Waals surface area contributed by atoms with Gasteiger partial charge in [0.15, 0.2) is 37.0 Å². The van der Waals surface area contributed by atoms with E-state index in [1.807, 2.05) is 60.7 Å². The monoisotopic (exact) mass is 827 g/mol. The maximum Gasteiger partial charge on any atom is 0.303 e. The lowest BCUT2D eigenvalue weighted by Gasteiger charge is -2.48. The molecule has 3 aromatic rings. The Hall–Kier alpha value is -4.92. The van der Waals surface area contributed by atoms with E-state index in [-0.39, 0.29) is 19.6 Å². The summed E-state index contributed by atoms with van der Waals surface area (Å²) in [5, 5.41) is 8.82. The molecule has 0 aliphatic carbocycles. The Morgan fingerprint density at radius 1 is 0.741 bits per heavy atom. The van der Waals surface area contributed by atoms with Crippen molar-refractivity contribution in [1.29, 1.82) is 0 Å². The topological polar surface area (TPSA) is 208 Å². The van der Waals surface area contributed by atoms with Gasteiger partial charge < -0.3 is 47.4 Å². The standard InChI is InChI=1S/C39H45N3O15S/c1-21(43)49-19-29-33(51-22(2)44)35(53-24(4)46)36(54-25(5)47)38(55-29)48-17-16-27-18-42(41-40-27)31-34(52-23(3)45)32-30(56-39(31)58-28-14-10-7-11-15-28)20-50-37(57-32)26-12-8-6-9-13-26/h6-15,18,29-39H,16-17,19-20H2,1-5H3/t29-,30-,31-,32-,33-,34-,35+,36-,37-,38-,39-/m1/s1. The molecule has 3 saturated heterocycles. The van der Waals surface area contributed by atoms with Gasteiger partial charge in [0, 0.05) is 57.7 Å². The van der Waals surface area contributed by atoms with Gasteiger partial charge in [-0.25, -0.2) is 4.68 Å². The van der Waals surface area contributed by atoms with Crippen LogP contribution in [0.3, 0.4) is 0 Å². The molecule has 1 aromatic heterocycles. The second-order valence-electron chi connectivity index (χ2n) is 13.6. The summed E-state index contributed by atoms with van der Waals surface area (Å²) >= 11 is 1.42. The first-order valence-electron chi connectivity index (χ1n) is 18.6. The Bertz CT molecular complexity index is 1880. The lowest BCUT2D eigenvalue weighted by atomic mass is 9.96. The Morgan fingerprint density at radius 2 is 1.36 bits per heavy atom. The zero-order valence-electron chi connectivity index (χ0n) is 32.4. The van der Waals surface area contributed by atoms with Crippen molar-refractivity contribution in [3.63, 3.8) is 0 Å². The Kier molecular flexibility index (Phi) is 14.5. The molecule has 18 nitrogen and oxygen atoms in total. The van der Waals surface area contributed by atoms with E-state index in [2.05, 4.69) is 10.3 Å². The van der Waals surface area contributed by atoms with E-state index >= 15 is 0 Å². The number of thioether (sulfide) groups is 1. The maximum absolute atomic E-state index is 12.7. The minimum atomic E-state index is -1.39. The van der Waals surface area contributed by atoms with Crippen LogP contribution in [0.15, 0.2) is 71.8 Å². The zero-order valence-corrected chi connectivity index (χ0v) is 33.2. The molecule has 312 valence electrons. The van der Waals surface area contributed by atoms with Gasteiger partial charge in [-0.05, 0) is 12.1 Å². The molecule has 3 fully saturated rings. The smallest absolute Gasteiger partial charge is 0.303 e. The molecule has 4 heterocycles. The van der Waals surface area contributed by atoms with Crippen molar-refractivity contribution in [1.82, 2.24) is 15.0 Å². The van der Waals surface area contributed by atoms with Gasteiger partial charge in [0.1, 0.15) is 36.4 Å². The average Bonchev–Trinajstić information content (AvgIpc) is 3.64. The van der Waals surface area contributed by atoms with E-state index in [4.69, 9.17) is 47.4 Å². The van der Waals surface area contributed by atoms with Crippen molar-refractivity contribution < 1.29 is 71.3 Å². The van der Waals surface area contributed by atoms with E-state index < -0.39 is 103 Å². The van der Waals surface area contributed by atoms with Crippen LogP contribution in [0.25, 0.3) is 0 Å². The van der Waals surface area contributed by atoms with Crippen molar-refractivity contribution >= 4 is 41.6 Å². The first kappa shape index (κ1) is 42.7. The third-order valence-corrected chi connectivity index (χ3v) is 10.3. The number of carbonyl (C=O) groups is 5. The largest absolute Gasteiger partial charge is 0.463 e. The van der Waals surface area contributed by atoms with Gasteiger partial charge >= 0.3 is 29.8 Å². The van der Waals surface area contributed by atoms with Crippen LogP contribution in [0.5, 0.6) is 0 Å². The van der Waals surface area contributed by atoms with E-state index in [0.29, 0.717) is 5.69 Å². The molecular formula is C39H45N3O15S. The second-order valence-corrected chi connectivity index (χ2v) is 14.8. The molecule has 3 aliphatic rings. The Morgan fingerprint density at radius 3 is 2.02 bits per heavy atom. The number of hydrogen-bond donors (Lipinski definition) is 0. The van der Waals surface area contributed by atoms with E-state index in [1.54, 1.807) is 10.9 Å². The molecule has 0 amide bonds. The van der Waals surface area contributed by atoms with Crippen LogP contribution in [0, 0.1) is 0 Å². The van der Waals surface area contributed by atoms with Crippen molar-refractivity contribution in [3.05, 3.63) is 78.1 Å². The fourth-order valence-corrected chi connectivity index (χ4v) is 8.05. The predicted octanol–water partition coefficient (Wildman–Crippen LogP) is 3.02. The SMILES string of the molecule is CC(=O)OC[C@H]1O[C@@H](OCCc2cn([C@@H]3[C@@H](OC(C)=O)[C@@H]4O[C@H](c5ccccc5)OC[C@H]4O[C@@H]3Sc3ccccc3)nn2)[C@H](OC(C)=O)[C@@H](OC(C)=O)[C@@H]1OC(C)=O. The summed E-state index contributed by atoms with van der Waals surface area (Å²) in [4.78, 5) is 61.8. The molecule has 0 unspecified atom stereocenters. The molecule has 0 saturated carbocycles. The average molecular weight is 828 g/mol. The van der Waals surface area contributed by atoms with E-state index in [0.717, 1.165) is 31.2 Å². The number of ether oxygens (including phenoxy) is 10. The molecule has 0 spiro atoms. The van der Waals surface area contributed by atoms with Crippen LogP contribution < -0.4 is 0 Å². The van der Waals surface area contributed by atoms with Gasteiger partial charge in [-0.2, -0.15) is 0 Å². The highest BCUT2D eigenvalue weighted by atomic mass is 32.2. The number of hydrogen-bond acceptors (Lipinski definition) is 18. The van der Waals surface area contributed by atoms with Gasteiger partial charge in [-0.15, -0.1) is 5.10 Å². The molecule has 11 atom stereocenters. The van der Waals surface area contributed by atoms with Gasteiger partial charge in [0.25, 0.3) is 0 Å². The number of carbonyl (C=O) groups excluding carboxylic acids is 5. The van der Waals surface area contributed by atoms with Crippen molar-refractivity contribution in [2.45, 2.75) is 113 Å². The van der Waals surface area contributed by atoms with Gasteiger partial charge in [0.05, 0.1) is 18.9 Å². The number of benzene rings is 2. The molecule has 0 radical (unpaired) electrons. The van der Waals surface area contributed by atoms with Crippen LogP contribution in [-0.4, -0.2) is 119 Å². The van der Waals surface area contributed by atoms with E-state index in [9.17, 15) is 24.0 Å². The fourth-order valence-electron chi connectivity index (χ4n) is 6.85. The fraction of sp³-hybridized carbons (Fsp3) is 0.513. The summed E-state index contributed by atoms with van der Waals surface area (Å²) in [6.07, 6.45) is -7.75. The molecule has 3 aliphatic heterocycles. The van der Waals surface area contributed by atoms with Crippen molar-refractivity contribution in [2.75, 3.05) is 19.8 Å². The van der Waals surface area contributed by atoms with Gasteiger partial charge in [-0.1, -0.05) is 65.5 Å². The lowest BCUT2D eigenvalue weighted by molar-refractivity contribution is -0.312. The number of aromatic nitrogens is 3. The first-order valence-corrected chi connectivity index (χ1v) is 19.4. The third kappa shape index (κ3) is 11.0. The summed E-state index contributed by atoms with van der Waals surface area (Å²) in [6, 6.07) is 18.3. The number of fused-ring (bicyclic) bond motifs is 1. The van der Waals surface area contributed by atoms with Crippen LogP contribution in [0.4, 0.5) is 0 Å². The third-order valence-electron chi connectivity index (χ3n) is 9.13. The van der Waals surface area contributed by atoms with Crippen LogP contribution in [0.2, 0.25) is 0 Å². The highest BCUT2D eigenvalue weighted by Gasteiger charge is 2.54. The normalized spacial score (nSPS) is 29.3. The molecule has 0 N–H and O–H groups in total. The number of rotatable bonds is 14.